The minimum absolute atomic E-state index is 0.0291. The standard InChI is InChI=1S/C18H18N4O/c19-9-12-1-3-13(4-2-12)10-22-8-7-16-15(11-22)18(23)21-17(20-16)14-5-6-14/h1-4,14H,5-8,10-11H2,(H,20,21,23). The Hall–Kier alpha value is -2.45. The molecule has 1 aromatic carbocycles. The van der Waals surface area contributed by atoms with Gasteiger partial charge in [-0.3, -0.25) is 9.69 Å². The van der Waals surface area contributed by atoms with E-state index in [0.717, 1.165) is 55.0 Å². The van der Waals surface area contributed by atoms with Gasteiger partial charge in [0.1, 0.15) is 5.82 Å². The van der Waals surface area contributed by atoms with Gasteiger partial charge in [-0.2, -0.15) is 5.26 Å². The molecule has 116 valence electrons. The van der Waals surface area contributed by atoms with E-state index >= 15 is 0 Å². The molecule has 0 saturated heterocycles. The van der Waals surface area contributed by atoms with E-state index in [2.05, 4.69) is 20.9 Å². The summed E-state index contributed by atoms with van der Waals surface area (Å²) < 4.78 is 0. The van der Waals surface area contributed by atoms with Gasteiger partial charge in [-0.15, -0.1) is 0 Å². The summed E-state index contributed by atoms with van der Waals surface area (Å²) in [7, 11) is 0. The van der Waals surface area contributed by atoms with Crippen LogP contribution in [-0.4, -0.2) is 21.4 Å². The first-order valence-corrected chi connectivity index (χ1v) is 8.06. The van der Waals surface area contributed by atoms with Crippen LogP contribution in [0.1, 0.15) is 47.0 Å². The van der Waals surface area contributed by atoms with Crippen molar-refractivity contribution in [2.45, 2.75) is 38.3 Å². The third-order valence-electron chi connectivity index (χ3n) is 4.62. The zero-order valence-corrected chi connectivity index (χ0v) is 12.9. The number of H-pyrrole nitrogens is 1. The van der Waals surface area contributed by atoms with Crippen LogP contribution in [0.3, 0.4) is 0 Å². The van der Waals surface area contributed by atoms with Crippen molar-refractivity contribution in [2.24, 2.45) is 0 Å². The highest BCUT2D eigenvalue weighted by Crippen LogP contribution is 2.37. The molecule has 2 aromatic rings. The second kappa shape index (κ2) is 5.64. The highest BCUT2D eigenvalue weighted by atomic mass is 16.1. The van der Waals surface area contributed by atoms with E-state index in [1.807, 2.05) is 24.3 Å². The maximum atomic E-state index is 12.3. The summed E-state index contributed by atoms with van der Waals surface area (Å²) in [5.74, 6) is 1.36. The van der Waals surface area contributed by atoms with Crippen molar-refractivity contribution in [3.8, 4) is 6.07 Å². The molecule has 0 atom stereocenters. The molecule has 0 radical (unpaired) electrons. The fourth-order valence-electron chi connectivity index (χ4n) is 3.13. The molecular formula is C18H18N4O. The van der Waals surface area contributed by atoms with Gasteiger partial charge in [0, 0.05) is 32.0 Å². The minimum Gasteiger partial charge on any atom is -0.310 e. The fraction of sp³-hybridized carbons (Fsp3) is 0.389. The highest BCUT2D eigenvalue weighted by molar-refractivity contribution is 5.32. The lowest BCUT2D eigenvalue weighted by Crippen LogP contribution is -2.35. The summed E-state index contributed by atoms with van der Waals surface area (Å²) in [6.07, 6.45) is 3.12. The molecule has 0 spiro atoms. The Bertz CT molecular complexity index is 828. The number of nitrogens with zero attached hydrogens (tertiary/aromatic N) is 3. The Labute approximate surface area is 134 Å². The van der Waals surface area contributed by atoms with Gasteiger partial charge >= 0.3 is 0 Å². The SMILES string of the molecule is N#Cc1ccc(CN2CCc3nc(C4CC4)[nH]c(=O)c3C2)cc1. The van der Waals surface area contributed by atoms with E-state index in [0.29, 0.717) is 18.0 Å². The molecule has 1 N–H and O–H groups in total. The van der Waals surface area contributed by atoms with Crippen LogP contribution in [0, 0.1) is 11.3 Å². The molecule has 0 unspecified atom stereocenters. The number of aromatic amines is 1. The van der Waals surface area contributed by atoms with Crippen LogP contribution in [-0.2, 0) is 19.5 Å². The number of hydrogen-bond acceptors (Lipinski definition) is 4. The van der Waals surface area contributed by atoms with Gasteiger partial charge in [-0.1, -0.05) is 12.1 Å². The predicted octanol–water partition coefficient (Wildman–Crippen LogP) is 2.08. The average Bonchev–Trinajstić information content (AvgIpc) is 3.41. The topological polar surface area (TPSA) is 72.8 Å². The molecule has 1 saturated carbocycles. The average molecular weight is 306 g/mol. The van der Waals surface area contributed by atoms with Crippen LogP contribution in [0.25, 0.3) is 0 Å². The summed E-state index contributed by atoms with van der Waals surface area (Å²) in [5.41, 5.74) is 3.65. The van der Waals surface area contributed by atoms with Crippen LogP contribution in [0.2, 0.25) is 0 Å². The Morgan fingerprint density at radius 3 is 2.78 bits per heavy atom. The van der Waals surface area contributed by atoms with E-state index in [9.17, 15) is 4.79 Å². The predicted molar refractivity (Wildman–Crippen MR) is 85.8 cm³/mol. The van der Waals surface area contributed by atoms with Gasteiger partial charge in [0.25, 0.3) is 5.56 Å². The molecule has 1 aliphatic heterocycles. The van der Waals surface area contributed by atoms with Gasteiger partial charge in [0.15, 0.2) is 0 Å². The summed E-state index contributed by atoms with van der Waals surface area (Å²) >= 11 is 0. The number of benzene rings is 1. The molecule has 2 aliphatic rings. The summed E-state index contributed by atoms with van der Waals surface area (Å²) in [6, 6.07) is 9.76. The van der Waals surface area contributed by atoms with Gasteiger partial charge in [0.05, 0.1) is 22.9 Å². The molecule has 0 amide bonds. The van der Waals surface area contributed by atoms with E-state index < -0.39 is 0 Å². The Kier molecular flexibility index (Phi) is 3.47. The van der Waals surface area contributed by atoms with Gasteiger partial charge in [-0.25, -0.2) is 4.98 Å². The van der Waals surface area contributed by atoms with Crippen LogP contribution < -0.4 is 5.56 Å². The number of hydrogen-bond donors (Lipinski definition) is 1. The number of rotatable bonds is 3. The molecule has 23 heavy (non-hydrogen) atoms. The zero-order chi connectivity index (χ0) is 15.8. The summed E-state index contributed by atoms with van der Waals surface area (Å²) in [4.78, 5) is 22.3. The first kappa shape index (κ1) is 14.2. The Morgan fingerprint density at radius 2 is 2.09 bits per heavy atom. The van der Waals surface area contributed by atoms with Crippen LogP contribution in [0.5, 0.6) is 0 Å². The lowest BCUT2D eigenvalue weighted by molar-refractivity contribution is 0.241. The van der Waals surface area contributed by atoms with Crippen molar-refractivity contribution in [3.63, 3.8) is 0 Å². The van der Waals surface area contributed by atoms with Crippen molar-refractivity contribution >= 4 is 0 Å². The first-order valence-electron chi connectivity index (χ1n) is 8.06. The van der Waals surface area contributed by atoms with Crippen LogP contribution >= 0.6 is 0 Å². The Morgan fingerprint density at radius 1 is 1.30 bits per heavy atom. The van der Waals surface area contributed by atoms with Crippen molar-refractivity contribution in [1.29, 1.82) is 5.26 Å². The molecule has 5 nitrogen and oxygen atoms in total. The number of nitrogens with one attached hydrogen (secondary N) is 1. The van der Waals surface area contributed by atoms with Crippen LogP contribution in [0.4, 0.5) is 0 Å². The second-order valence-electron chi connectivity index (χ2n) is 6.42. The maximum Gasteiger partial charge on any atom is 0.255 e. The lowest BCUT2D eigenvalue weighted by atomic mass is 10.1. The van der Waals surface area contributed by atoms with Gasteiger partial charge in [-0.05, 0) is 30.5 Å². The molecule has 4 rings (SSSR count). The van der Waals surface area contributed by atoms with Gasteiger partial charge < -0.3 is 4.98 Å². The normalized spacial score (nSPS) is 17.5. The fourth-order valence-corrected chi connectivity index (χ4v) is 3.13. The number of fused-ring (bicyclic) bond motifs is 1. The monoisotopic (exact) mass is 306 g/mol. The van der Waals surface area contributed by atoms with Crippen molar-refractivity contribution in [1.82, 2.24) is 14.9 Å². The molecule has 1 fully saturated rings. The third-order valence-corrected chi connectivity index (χ3v) is 4.62. The molecule has 2 heterocycles. The summed E-state index contributed by atoms with van der Waals surface area (Å²) in [5, 5.41) is 8.85. The van der Waals surface area contributed by atoms with Crippen molar-refractivity contribution < 1.29 is 0 Å². The molecule has 1 aliphatic carbocycles. The zero-order valence-electron chi connectivity index (χ0n) is 12.9. The largest absolute Gasteiger partial charge is 0.310 e. The second-order valence-corrected chi connectivity index (χ2v) is 6.42. The molecule has 0 bridgehead atoms. The number of nitriles is 1. The minimum atomic E-state index is 0.0291. The van der Waals surface area contributed by atoms with E-state index in [1.165, 1.54) is 0 Å². The maximum absolute atomic E-state index is 12.3. The molecule has 5 heteroatoms. The first-order chi connectivity index (χ1) is 11.2. The highest BCUT2D eigenvalue weighted by Gasteiger charge is 2.29. The molecule has 1 aromatic heterocycles. The van der Waals surface area contributed by atoms with Crippen molar-refractivity contribution in [3.05, 3.63) is 62.8 Å². The van der Waals surface area contributed by atoms with E-state index in [-0.39, 0.29) is 5.56 Å². The lowest BCUT2D eigenvalue weighted by Gasteiger charge is -2.27. The van der Waals surface area contributed by atoms with E-state index in [4.69, 9.17) is 5.26 Å². The number of aromatic nitrogens is 2. The smallest absolute Gasteiger partial charge is 0.255 e. The summed E-state index contributed by atoms with van der Waals surface area (Å²) in [6.45, 7) is 2.34. The van der Waals surface area contributed by atoms with Crippen molar-refractivity contribution in [2.75, 3.05) is 6.54 Å². The van der Waals surface area contributed by atoms with E-state index in [1.54, 1.807) is 0 Å². The quantitative estimate of drug-likeness (QED) is 0.942. The Balaban J connectivity index is 1.52. The van der Waals surface area contributed by atoms with Crippen LogP contribution in [0.15, 0.2) is 29.1 Å². The third kappa shape index (κ3) is 2.90. The molecular weight excluding hydrogens is 288 g/mol. The van der Waals surface area contributed by atoms with Gasteiger partial charge in [0.2, 0.25) is 0 Å².